The van der Waals surface area contributed by atoms with Crippen LogP contribution in [0.1, 0.15) is 16.8 Å². The van der Waals surface area contributed by atoms with E-state index in [1.807, 2.05) is 38.2 Å². The number of aromatic nitrogens is 2. The van der Waals surface area contributed by atoms with Crippen LogP contribution in [0.15, 0.2) is 36.5 Å². The summed E-state index contributed by atoms with van der Waals surface area (Å²) < 4.78 is 1.76. The number of hydrogen-bond donors (Lipinski definition) is 2. The highest BCUT2D eigenvalue weighted by atomic mass is 16.2. The molecule has 0 unspecified atom stereocenters. The molecule has 0 saturated heterocycles. The molecule has 0 spiro atoms. The SMILES string of the molecule is Cc1c(/C=C/C(=O)Nc2ccc(CCO)cc2)cnn1C. The quantitative estimate of drug-likeness (QED) is 0.825. The number of nitrogens with zero attached hydrogens (tertiary/aromatic N) is 2. The number of anilines is 1. The molecule has 1 aromatic heterocycles. The number of carbonyl (C=O) groups excluding carboxylic acids is 1. The second kappa shape index (κ2) is 6.85. The second-order valence-corrected chi connectivity index (χ2v) is 4.80. The van der Waals surface area contributed by atoms with E-state index in [4.69, 9.17) is 5.11 Å². The lowest BCUT2D eigenvalue weighted by Gasteiger charge is -2.03. The predicted octanol–water partition coefficient (Wildman–Crippen LogP) is 1.92. The van der Waals surface area contributed by atoms with Gasteiger partial charge in [0.1, 0.15) is 0 Å². The Morgan fingerprint density at radius 1 is 1.38 bits per heavy atom. The summed E-state index contributed by atoms with van der Waals surface area (Å²) >= 11 is 0. The van der Waals surface area contributed by atoms with Crippen molar-refractivity contribution < 1.29 is 9.90 Å². The molecule has 5 heteroatoms. The van der Waals surface area contributed by atoms with E-state index in [0.29, 0.717) is 6.42 Å². The lowest BCUT2D eigenvalue weighted by Crippen LogP contribution is -2.07. The van der Waals surface area contributed by atoms with Crippen molar-refractivity contribution in [2.24, 2.45) is 7.05 Å². The molecule has 0 saturated carbocycles. The van der Waals surface area contributed by atoms with Crippen LogP contribution in [0.4, 0.5) is 5.69 Å². The Kier molecular flexibility index (Phi) is 4.90. The van der Waals surface area contributed by atoms with Crippen LogP contribution in [-0.2, 0) is 18.3 Å². The van der Waals surface area contributed by atoms with Gasteiger partial charge in [-0.05, 0) is 37.1 Å². The van der Waals surface area contributed by atoms with Crippen molar-refractivity contribution in [2.75, 3.05) is 11.9 Å². The minimum atomic E-state index is -0.187. The van der Waals surface area contributed by atoms with Gasteiger partial charge in [0.05, 0.1) is 6.20 Å². The van der Waals surface area contributed by atoms with Gasteiger partial charge in [-0.15, -0.1) is 0 Å². The number of hydrogen-bond acceptors (Lipinski definition) is 3. The first kappa shape index (κ1) is 15.0. The van der Waals surface area contributed by atoms with Crippen LogP contribution in [0, 0.1) is 6.92 Å². The number of aliphatic hydroxyl groups is 1. The maximum atomic E-state index is 11.8. The molecule has 0 aliphatic heterocycles. The van der Waals surface area contributed by atoms with E-state index in [1.54, 1.807) is 17.0 Å². The molecule has 0 aliphatic rings. The molecular formula is C16H19N3O2. The summed E-state index contributed by atoms with van der Waals surface area (Å²) in [5.74, 6) is -0.187. The molecule has 5 nitrogen and oxygen atoms in total. The summed E-state index contributed by atoms with van der Waals surface area (Å²) in [7, 11) is 1.86. The van der Waals surface area contributed by atoms with Gasteiger partial charge < -0.3 is 10.4 Å². The molecule has 110 valence electrons. The zero-order chi connectivity index (χ0) is 15.2. The standard InChI is InChI=1S/C16H19N3O2/c1-12-14(11-17-19(12)2)5-8-16(21)18-15-6-3-13(4-7-15)9-10-20/h3-8,11,20H,9-10H2,1-2H3,(H,18,21)/b8-5+. The molecule has 0 aliphatic carbocycles. The Bertz CT molecular complexity index is 642. The molecule has 2 N–H and O–H groups in total. The van der Waals surface area contributed by atoms with E-state index in [2.05, 4.69) is 10.4 Å². The highest BCUT2D eigenvalue weighted by molar-refractivity contribution is 6.01. The summed E-state index contributed by atoms with van der Waals surface area (Å²) in [5, 5.41) is 15.8. The zero-order valence-corrected chi connectivity index (χ0v) is 12.2. The van der Waals surface area contributed by atoms with Crippen LogP contribution in [0.3, 0.4) is 0 Å². The minimum Gasteiger partial charge on any atom is -0.396 e. The molecule has 1 amide bonds. The average Bonchev–Trinajstić information content (AvgIpc) is 2.79. The third-order valence-corrected chi connectivity index (χ3v) is 3.31. The fraction of sp³-hybridized carbons (Fsp3) is 0.250. The van der Waals surface area contributed by atoms with Gasteiger partial charge in [-0.1, -0.05) is 12.1 Å². The number of aryl methyl sites for hydroxylation is 1. The molecule has 0 bridgehead atoms. The Morgan fingerprint density at radius 3 is 2.67 bits per heavy atom. The van der Waals surface area contributed by atoms with E-state index in [0.717, 1.165) is 22.5 Å². The van der Waals surface area contributed by atoms with Crippen molar-refractivity contribution in [3.8, 4) is 0 Å². The van der Waals surface area contributed by atoms with Crippen molar-refractivity contribution >= 4 is 17.7 Å². The number of nitrogens with one attached hydrogen (secondary N) is 1. The van der Waals surface area contributed by atoms with Crippen molar-refractivity contribution in [1.82, 2.24) is 9.78 Å². The maximum Gasteiger partial charge on any atom is 0.248 e. The molecule has 1 aromatic carbocycles. The molecule has 2 aromatic rings. The zero-order valence-electron chi connectivity index (χ0n) is 12.2. The number of amides is 1. The Balaban J connectivity index is 1.96. The Labute approximate surface area is 123 Å². The number of carbonyl (C=O) groups is 1. The number of aliphatic hydroxyl groups excluding tert-OH is 1. The summed E-state index contributed by atoms with van der Waals surface area (Å²) in [6, 6.07) is 7.43. The summed E-state index contributed by atoms with van der Waals surface area (Å²) in [6.07, 6.45) is 5.58. The fourth-order valence-corrected chi connectivity index (χ4v) is 1.91. The third-order valence-electron chi connectivity index (χ3n) is 3.31. The Morgan fingerprint density at radius 2 is 2.10 bits per heavy atom. The monoisotopic (exact) mass is 285 g/mol. The van der Waals surface area contributed by atoms with Crippen molar-refractivity contribution in [3.05, 3.63) is 53.4 Å². The minimum absolute atomic E-state index is 0.124. The van der Waals surface area contributed by atoms with Crippen LogP contribution in [0.25, 0.3) is 6.08 Å². The normalized spacial score (nSPS) is 11.0. The molecule has 0 fully saturated rings. The second-order valence-electron chi connectivity index (χ2n) is 4.80. The smallest absolute Gasteiger partial charge is 0.248 e. The number of rotatable bonds is 5. The first-order valence-corrected chi connectivity index (χ1v) is 6.77. The van der Waals surface area contributed by atoms with Crippen LogP contribution in [0.5, 0.6) is 0 Å². The first-order chi connectivity index (χ1) is 10.1. The van der Waals surface area contributed by atoms with E-state index >= 15 is 0 Å². The maximum absolute atomic E-state index is 11.8. The van der Waals surface area contributed by atoms with Crippen LogP contribution in [-0.4, -0.2) is 27.4 Å². The lowest BCUT2D eigenvalue weighted by molar-refractivity contribution is -0.111. The largest absolute Gasteiger partial charge is 0.396 e. The van der Waals surface area contributed by atoms with Gasteiger partial charge in [0.15, 0.2) is 0 Å². The van der Waals surface area contributed by atoms with Crippen LogP contribution in [0.2, 0.25) is 0 Å². The summed E-state index contributed by atoms with van der Waals surface area (Å²) in [5.41, 5.74) is 3.70. The van der Waals surface area contributed by atoms with Crippen molar-refractivity contribution in [3.63, 3.8) is 0 Å². The van der Waals surface area contributed by atoms with Crippen LogP contribution < -0.4 is 5.32 Å². The van der Waals surface area contributed by atoms with E-state index in [9.17, 15) is 4.79 Å². The molecule has 0 atom stereocenters. The van der Waals surface area contributed by atoms with Crippen LogP contribution >= 0.6 is 0 Å². The van der Waals surface area contributed by atoms with Gasteiger partial charge >= 0.3 is 0 Å². The van der Waals surface area contributed by atoms with Crippen molar-refractivity contribution in [1.29, 1.82) is 0 Å². The highest BCUT2D eigenvalue weighted by Gasteiger charge is 2.02. The highest BCUT2D eigenvalue weighted by Crippen LogP contribution is 2.11. The molecule has 2 rings (SSSR count). The fourth-order valence-electron chi connectivity index (χ4n) is 1.91. The van der Waals surface area contributed by atoms with E-state index in [-0.39, 0.29) is 12.5 Å². The van der Waals surface area contributed by atoms with Crippen molar-refractivity contribution in [2.45, 2.75) is 13.3 Å². The van der Waals surface area contributed by atoms with Gasteiger partial charge in [-0.3, -0.25) is 9.48 Å². The molecular weight excluding hydrogens is 266 g/mol. The van der Waals surface area contributed by atoms with Gasteiger partial charge in [0.25, 0.3) is 0 Å². The molecule has 1 heterocycles. The van der Waals surface area contributed by atoms with Gasteiger partial charge in [-0.2, -0.15) is 5.10 Å². The van der Waals surface area contributed by atoms with Gasteiger partial charge in [0, 0.05) is 36.7 Å². The summed E-state index contributed by atoms with van der Waals surface area (Å²) in [6.45, 7) is 2.07. The summed E-state index contributed by atoms with van der Waals surface area (Å²) in [4.78, 5) is 11.8. The van der Waals surface area contributed by atoms with Gasteiger partial charge in [-0.25, -0.2) is 0 Å². The predicted molar refractivity (Wildman–Crippen MR) is 82.8 cm³/mol. The van der Waals surface area contributed by atoms with Gasteiger partial charge in [0.2, 0.25) is 5.91 Å². The third kappa shape index (κ3) is 4.03. The topological polar surface area (TPSA) is 67.2 Å². The molecule has 0 radical (unpaired) electrons. The van der Waals surface area contributed by atoms with E-state index in [1.165, 1.54) is 6.08 Å². The Hall–Kier alpha value is -2.40. The lowest BCUT2D eigenvalue weighted by atomic mass is 10.1. The first-order valence-electron chi connectivity index (χ1n) is 6.77. The number of benzene rings is 1. The van der Waals surface area contributed by atoms with E-state index < -0.39 is 0 Å². The molecule has 21 heavy (non-hydrogen) atoms. The average molecular weight is 285 g/mol.